The molecular weight excluding hydrogens is 236 g/mol. The number of rotatable bonds is 4. The van der Waals surface area contributed by atoms with Crippen LogP contribution in [0.25, 0.3) is 0 Å². The minimum Gasteiger partial charge on any atom is -0.301 e. The molecule has 2 aliphatic heterocycles. The average molecular weight is 266 g/mol. The van der Waals surface area contributed by atoms with Gasteiger partial charge in [0.25, 0.3) is 0 Å². The lowest BCUT2D eigenvalue weighted by Crippen LogP contribution is -2.41. The summed E-state index contributed by atoms with van der Waals surface area (Å²) in [6.07, 6.45) is 6.17. The molecule has 1 atom stereocenters. The monoisotopic (exact) mass is 266 g/mol. The second kappa shape index (κ2) is 6.36. The van der Waals surface area contributed by atoms with Crippen molar-refractivity contribution in [3.05, 3.63) is 0 Å². The molecule has 2 fully saturated rings. The largest absolute Gasteiger partial charge is 0.301 e. The maximum atomic E-state index is 12.0. The number of hydrogen-bond donors (Lipinski definition) is 0. The van der Waals surface area contributed by atoms with Crippen LogP contribution in [-0.4, -0.2) is 54.3 Å². The summed E-state index contributed by atoms with van der Waals surface area (Å²) >= 11 is 0. The predicted molar refractivity (Wildman–Crippen MR) is 79.3 cm³/mol. The van der Waals surface area contributed by atoms with E-state index in [0.717, 1.165) is 19.0 Å². The Labute approximate surface area is 118 Å². The summed E-state index contributed by atoms with van der Waals surface area (Å²) in [5, 5.41) is 0. The maximum Gasteiger partial charge on any atom is 0.139 e. The molecule has 3 nitrogen and oxygen atoms in total. The molecule has 2 rings (SSSR count). The van der Waals surface area contributed by atoms with Crippen molar-refractivity contribution >= 4 is 5.78 Å². The summed E-state index contributed by atoms with van der Waals surface area (Å²) in [7, 11) is 0. The van der Waals surface area contributed by atoms with Gasteiger partial charge < -0.3 is 4.90 Å². The molecule has 0 radical (unpaired) electrons. The van der Waals surface area contributed by atoms with Crippen LogP contribution >= 0.6 is 0 Å². The third-order valence-corrected chi connectivity index (χ3v) is 4.65. The molecule has 2 saturated heterocycles. The van der Waals surface area contributed by atoms with Gasteiger partial charge in [0.2, 0.25) is 0 Å². The van der Waals surface area contributed by atoms with E-state index < -0.39 is 0 Å². The van der Waals surface area contributed by atoms with Crippen molar-refractivity contribution in [2.45, 2.75) is 58.9 Å². The molecule has 110 valence electrons. The zero-order chi connectivity index (χ0) is 13.9. The third-order valence-electron chi connectivity index (χ3n) is 4.65. The molecule has 0 spiro atoms. The highest BCUT2D eigenvalue weighted by molar-refractivity contribution is 5.83. The van der Waals surface area contributed by atoms with E-state index in [1.54, 1.807) is 0 Å². The Morgan fingerprint density at radius 3 is 2.42 bits per heavy atom. The van der Waals surface area contributed by atoms with Gasteiger partial charge in [-0.1, -0.05) is 27.2 Å². The van der Waals surface area contributed by atoms with Crippen molar-refractivity contribution in [1.29, 1.82) is 0 Å². The molecule has 0 aromatic rings. The summed E-state index contributed by atoms with van der Waals surface area (Å²) in [6.45, 7) is 12.0. The van der Waals surface area contributed by atoms with Crippen LogP contribution in [0, 0.1) is 5.41 Å². The number of Topliss-reactive ketones (excluding diaryl/α,β-unsaturated/α-hetero) is 1. The number of piperidine rings is 1. The fourth-order valence-electron chi connectivity index (χ4n) is 3.23. The van der Waals surface area contributed by atoms with E-state index in [1.807, 2.05) is 20.8 Å². The van der Waals surface area contributed by atoms with Crippen LogP contribution in [0.5, 0.6) is 0 Å². The first-order chi connectivity index (χ1) is 8.97. The van der Waals surface area contributed by atoms with Crippen LogP contribution < -0.4 is 0 Å². The van der Waals surface area contributed by atoms with Gasteiger partial charge in [-0.05, 0) is 38.9 Å². The zero-order valence-electron chi connectivity index (χ0n) is 13.0. The number of hydrogen-bond acceptors (Lipinski definition) is 3. The lowest BCUT2D eigenvalue weighted by atomic mass is 9.89. The van der Waals surface area contributed by atoms with Crippen molar-refractivity contribution in [3.8, 4) is 0 Å². The number of carbonyl (C=O) groups excluding carboxylic acids is 1. The van der Waals surface area contributed by atoms with E-state index >= 15 is 0 Å². The van der Waals surface area contributed by atoms with Gasteiger partial charge >= 0.3 is 0 Å². The average Bonchev–Trinajstić information content (AvgIpc) is 2.84. The van der Waals surface area contributed by atoms with Gasteiger partial charge in [-0.15, -0.1) is 0 Å². The van der Waals surface area contributed by atoms with Gasteiger partial charge in [0.05, 0.1) is 0 Å². The molecule has 0 aromatic carbocycles. The molecule has 3 heteroatoms. The second-order valence-corrected chi connectivity index (χ2v) is 7.26. The number of nitrogens with zero attached hydrogens (tertiary/aromatic N) is 2. The van der Waals surface area contributed by atoms with Crippen LogP contribution in [0.4, 0.5) is 0 Å². The second-order valence-electron chi connectivity index (χ2n) is 7.26. The molecule has 0 aromatic heterocycles. The number of ketones is 1. The number of carbonyl (C=O) groups is 1. The minimum absolute atomic E-state index is 0.175. The molecule has 0 bridgehead atoms. The van der Waals surface area contributed by atoms with Crippen molar-refractivity contribution in [2.75, 3.05) is 32.7 Å². The SMILES string of the molecule is CC(C)(C)C(=O)CCN1CCC(N2CCCCC2)C1. The normalized spacial score (nSPS) is 26.8. The molecule has 2 heterocycles. The summed E-state index contributed by atoms with van der Waals surface area (Å²) < 4.78 is 0. The van der Waals surface area contributed by atoms with Crippen LogP contribution in [0.3, 0.4) is 0 Å². The van der Waals surface area contributed by atoms with E-state index in [9.17, 15) is 4.79 Å². The predicted octanol–water partition coefficient (Wildman–Crippen LogP) is 2.55. The molecule has 0 N–H and O–H groups in total. The first-order valence-electron chi connectivity index (χ1n) is 7.96. The Hall–Kier alpha value is -0.410. The molecule has 0 saturated carbocycles. The van der Waals surface area contributed by atoms with E-state index in [-0.39, 0.29) is 5.41 Å². The summed E-state index contributed by atoms with van der Waals surface area (Å²) in [4.78, 5) is 17.1. The van der Waals surface area contributed by atoms with Crippen molar-refractivity contribution < 1.29 is 4.79 Å². The van der Waals surface area contributed by atoms with Gasteiger partial charge in [-0.25, -0.2) is 0 Å². The topological polar surface area (TPSA) is 23.6 Å². The highest BCUT2D eigenvalue weighted by Crippen LogP contribution is 2.21. The van der Waals surface area contributed by atoms with Crippen LogP contribution in [0.1, 0.15) is 52.9 Å². The molecule has 1 unspecified atom stereocenters. The van der Waals surface area contributed by atoms with Gasteiger partial charge in [-0.3, -0.25) is 9.69 Å². The Kier molecular flexibility index (Phi) is 5.02. The standard InChI is InChI=1S/C16H30N2O/c1-16(2,3)15(19)8-12-17-11-7-14(13-17)18-9-5-4-6-10-18/h14H,4-13H2,1-3H3. The Balaban J connectivity index is 1.71. The lowest BCUT2D eigenvalue weighted by Gasteiger charge is -2.32. The van der Waals surface area contributed by atoms with E-state index in [1.165, 1.54) is 51.9 Å². The lowest BCUT2D eigenvalue weighted by molar-refractivity contribution is -0.126. The van der Waals surface area contributed by atoms with Gasteiger partial charge in [0, 0.05) is 31.0 Å². The van der Waals surface area contributed by atoms with Crippen molar-refractivity contribution in [2.24, 2.45) is 5.41 Å². The zero-order valence-corrected chi connectivity index (χ0v) is 13.0. The quantitative estimate of drug-likeness (QED) is 0.781. The molecule has 2 aliphatic rings. The minimum atomic E-state index is -0.175. The number of likely N-dealkylation sites (tertiary alicyclic amines) is 2. The Morgan fingerprint density at radius 1 is 1.11 bits per heavy atom. The van der Waals surface area contributed by atoms with E-state index in [0.29, 0.717) is 5.78 Å². The molecule has 19 heavy (non-hydrogen) atoms. The highest BCUT2D eigenvalue weighted by atomic mass is 16.1. The van der Waals surface area contributed by atoms with Gasteiger partial charge in [0.1, 0.15) is 5.78 Å². The van der Waals surface area contributed by atoms with E-state index in [2.05, 4.69) is 9.80 Å². The third kappa shape index (κ3) is 4.28. The first kappa shape index (κ1) is 15.0. The Bertz CT molecular complexity index is 302. The van der Waals surface area contributed by atoms with Crippen molar-refractivity contribution in [1.82, 2.24) is 9.80 Å². The van der Waals surface area contributed by atoms with Crippen LogP contribution in [0.2, 0.25) is 0 Å². The molecule has 0 amide bonds. The smallest absolute Gasteiger partial charge is 0.139 e. The fraction of sp³-hybridized carbons (Fsp3) is 0.938. The molecular formula is C16H30N2O. The van der Waals surface area contributed by atoms with Crippen molar-refractivity contribution in [3.63, 3.8) is 0 Å². The summed E-state index contributed by atoms with van der Waals surface area (Å²) in [6, 6.07) is 0.755. The summed E-state index contributed by atoms with van der Waals surface area (Å²) in [5.74, 6) is 0.397. The van der Waals surface area contributed by atoms with Crippen LogP contribution in [0.15, 0.2) is 0 Å². The molecule has 0 aliphatic carbocycles. The van der Waals surface area contributed by atoms with E-state index in [4.69, 9.17) is 0 Å². The van der Waals surface area contributed by atoms with Crippen LogP contribution in [-0.2, 0) is 4.79 Å². The Morgan fingerprint density at radius 2 is 1.79 bits per heavy atom. The van der Waals surface area contributed by atoms with Gasteiger partial charge in [0.15, 0.2) is 0 Å². The highest BCUT2D eigenvalue weighted by Gasteiger charge is 2.29. The summed E-state index contributed by atoms with van der Waals surface area (Å²) in [5.41, 5.74) is -0.175. The maximum absolute atomic E-state index is 12.0. The van der Waals surface area contributed by atoms with Gasteiger partial charge in [-0.2, -0.15) is 0 Å². The fourth-order valence-corrected chi connectivity index (χ4v) is 3.23. The first-order valence-corrected chi connectivity index (χ1v) is 7.96.